The fraction of sp³-hybridized carbons (Fsp3) is 0.714. The van der Waals surface area contributed by atoms with Crippen LogP contribution < -0.4 is 10.1 Å². The van der Waals surface area contributed by atoms with Crippen molar-refractivity contribution in [1.82, 2.24) is 14.1 Å². The van der Waals surface area contributed by atoms with Crippen molar-refractivity contribution >= 4 is 11.7 Å². The molecule has 1 aromatic heterocycles. The molecule has 1 rings (SSSR count). The summed E-state index contributed by atoms with van der Waals surface area (Å²) in [7, 11) is 0. The van der Waals surface area contributed by atoms with E-state index in [4.69, 9.17) is 4.74 Å². The molecule has 0 saturated carbocycles. The molecule has 0 fully saturated rings. The van der Waals surface area contributed by atoms with Gasteiger partial charge in [-0.25, -0.2) is 0 Å². The molecule has 1 heterocycles. The summed E-state index contributed by atoms with van der Waals surface area (Å²) in [6.45, 7) is 3.61. The zero-order chi connectivity index (χ0) is 9.52. The number of hydrogen-bond donors (Lipinski definition) is 2. The maximum absolute atomic E-state index is 9.35. The van der Waals surface area contributed by atoms with Crippen LogP contribution in [0, 0.1) is 0 Å². The van der Waals surface area contributed by atoms with Gasteiger partial charge in [-0.2, -0.15) is 4.37 Å². The fourth-order valence-corrected chi connectivity index (χ4v) is 1.14. The van der Waals surface area contributed by atoms with Crippen LogP contribution in [0.15, 0.2) is 6.20 Å². The van der Waals surface area contributed by atoms with E-state index in [9.17, 15) is 5.11 Å². The summed E-state index contributed by atoms with van der Waals surface area (Å²) >= 11 is 1.09. The van der Waals surface area contributed by atoms with Gasteiger partial charge in [0.1, 0.15) is 18.9 Å². The Bertz CT molecular complexity index is 218. The van der Waals surface area contributed by atoms with Crippen molar-refractivity contribution in [2.75, 3.05) is 19.7 Å². The molecule has 6 heteroatoms. The average molecular weight is 203 g/mol. The smallest absolute Gasteiger partial charge is 0.245 e. The summed E-state index contributed by atoms with van der Waals surface area (Å²) in [6.07, 6.45) is 1.03. The zero-order valence-electron chi connectivity index (χ0n) is 7.43. The third-order valence-electron chi connectivity index (χ3n) is 1.39. The molecule has 0 radical (unpaired) electrons. The number of rotatable bonds is 6. The van der Waals surface area contributed by atoms with E-state index in [0.717, 1.165) is 18.3 Å². The van der Waals surface area contributed by atoms with Crippen LogP contribution in [0.4, 0.5) is 0 Å². The van der Waals surface area contributed by atoms with Crippen molar-refractivity contribution in [2.24, 2.45) is 0 Å². The predicted molar refractivity (Wildman–Crippen MR) is 50.0 cm³/mol. The molecule has 0 spiro atoms. The molecule has 0 aliphatic carbocycles. The Morgan fingerprint density at radius 3 is 3.23 bits per heavy atom. The first kappa shape index (κ1) is 10.4. The van der Waals surface area contributed by atoms with Crippen LogP contribution in [-0.4, -0.2) is 39.7 Å². The minimum Gasteiger partial charge on any atom is -0.473 e. The Hall–Kier alpha value is -0.720. The van der Waals surface area contributed by atoms with Gasteiger partial charge < -0.3 is 15.2 Å². The first-order valence-electron chi connectivity index (χ1n) is 4.12. The summed E-state index contributed by atoms with van der Waals surface area (Å²) in [6, 6.07) is 0. The third-order valence-corrected chi connectivity index (χ3v) is 1.86. The van der Waals surface area contributed by atoms with E-state index < -0.39 is 6.10 Å². The van der Waals surface area contributed by atoms with Gasteiger partial charge in [-0.15, -0.1) is 4.37 Å². The quantitative estimate of drug-likeness (QED) is 0.675. The third kappa shape index (κ3) is 4.16. The summed E-state index contributed by atoms with van der Waals surface area (Å²) in [4.78, 5) is 0. The summed E-state index contributed by atoms with van der Waals surface area (Å²) in [5, 5.41) is 12.4. The van der Waals surface area contributed by atoms with Gasteiger partial charge in [0.25, 0.3) is 0 Å². The number of aromatic nitrogens is 2. The largest absolute Gasteiger partial charge is 0.473 e. The number of ether oxygens (including phenoxy) is 1. The lowest BCUT2D eigenvalue weighted by Gasteiger charge is -2.10. The van der Waals surface area contributed by atoms with Crippen LogP contribution in [0.5, 0.6) is 5.88 Å². The van der Waals surface area contributed by atoms with E-state index in [-0.39, 0.29) is 6.61 Å². The van der Waals surface area contributed by atoms with Crippen molar-refractivity contribution in [3.8, 4) is 5.88 Å². The lowest BCUT2D eigenvalue weighted by atomic mass is 10.4. The molecule has 0 saturated heterocycles. The molecule has 0 bridgehead atoms. The number of nitrogens with zero attached hydrogens (tertiary/aromatic N) is 2. The summed E-state index contributed by atoms with van der Waals surface area (Å²) in [5.74, 6) is 0.473. The first-order valence-corrected chi connectivity index (χ1v) is 4.85. The van der Waals surface area contributed by atoms with Crippen LogP contribution in [0.3, 0.4) is 0 Å². The van der Waals surface area contributed by atoms with Gasteiger partial charge in [-0.1, -0.05) is 6.92 Å². The minimum atomic E-state index is -0.498. The standard InChI is InChI=1S/C7H13N3O2S/c1-2-8-3-6(11)5-12-7-4-9-13-10-7/h4,6,8,11H,2-3,5H2,1H3. The first-order chi connectivity index (χ1) is 6.33. The Morgan fingerprint density at radius 2 is 2.62 bits per heavy atom. The van der Waals surface area contributed by atoms with Crippen LogP contribution in [-0.2, 0) is 0 Å². The van der Waals surface area contributed by atoms with Crippen molar-refractivity contribution in [2.45, 2.75) is 13.0 Å². The van der Waals surface area contributed by atoms with Gasteiger partial charge in [0, 0.05) is 6.54 Å². The Labute approximate surface area is 81.1 Å². The second-order valence-electron chi connectivity index (χ2n) is 2.52. The molecule has 0 aromatic carbocycles. The van der Waals surface area contributed by atoms with Crippen LogP contribution in [0.2, 0.25) is 0 Å². The maximum atomic E-state index is 9.35. The highest BCUT2D eigenvalue weighted by molar-refractivity contribution is 6.99. The lowest BCUT2D eigenvalue weighted by Crippen LogP contribution is -2.31. The van der Waals surface area contributed by atoms with Crippen molar-refractivity contribution in [1.29, 1.82) is 0 Å². The Kier molecular flexibility index (Phi) is 4.66. The molecule has 74 valence electrons. The van der Waals surface area contributed by atoms with Crippen LogP contribution in [0.25, 0.3) is 0 Å². The summed E-state index contributed by atoms with van der Waals surface area (Å²) in [5.41, 5.74) is 0. The predicted octanol–water partition coefficient (Wildman–Crippen LogP) is -0.113. The van der Waals surface area contributed by atoms with E-state index >= 15 is 0 Å². The highest BCUT2D eigenvalue weighted by Gasteiger charge is 2.04. The van der Waals surface area contributed by atoms with Gasteiger partial charge in [0.2, 0.25) is 5.88 Å². The van der Waals surface area contributed by atoms with E-state index in [0.29, 0.717) is 12.4 Å². The topological polar surface area (TPSA) is 67.3 Å². The van der Waals surface area contributed by atoms with Crippen molar-refractivity contribution in [3.63, 3.8) is 0 Å². The normalized spacial score (nSPS) is 12.8. The molecular weight excluding hydrogens is 190 g/mol. The number of aliphatic hydroxyl groups is 1. The molecule has 0 aliphatic rings. The molecule has 5 nitrogen and oxygen atoms in total. The van der Waals surface area contributed by atoms with Crippen molar-refractivity contribution in [3.05, 3.63) is 6.20 Å². The van der Waals surface area contributed by atoms with E-state index in [2.05, 4.69) is 14.1 Å². The fourth-order valence-electron chi connectivity index (χ4n) is 0.771. The van der Waals surface area contributed by atoms with Gasteiger partial charge in [0.05, 0.1) is 11.7 Å². The lowest BCUT2D eigenvalue weighted by molar-refractivity contribution is 0.105. The van der Waals surface area contributed by atoms with E-state index in [1.807, 2.05) is 6.92 Å². The van der Waals surface area contributed by atoms with Crippen LogP contribution in [0.1, 0.15) is 6.92 Å². The Morgan fingerprint density at radius 1 is 1.77 bits per heavy atom. The van der Waals surface area contributed by atoms with E-state index in [1.165, 1.54) is 6.20 Å². The number of hydrogen-bond acceptors (Lipinski definition) is 6. The molecule has 1 aromatic rings. The highest BCUT2D eigenvalue weighted by Crippen LogP contribution is 2.04. The molecular formula is C7H13N3O2S. The average Bonchev–Trinajstić information content (AvgIpc) is 2.64. The maximum Gasteiger partial charge on any atom is 0.245 e. The summed E-state index contributed by atoms with van der Waals surface area (Å²) < 4.78 is 12.8. The van der Waals surface area contributed by atoms with Crippen molar-refractivity contribution < 1.29 is 9.84 Å². The Balaban J connectivity index is 2.11. The number of aliphatic hydroxyl groups excluding tert-OH is 1. The highest BCUT2D eigenvalue weighted by atomic mass is 32.1. The second-order valence-corrected chi connectivity index (χ2v) is 3.07. The van der Waals surface area contributed by atoms with Gasteiger partial charge >= 0.3 is 0 Å². The zero-order valence-corrected chi connectivity index (χ0v) is 8.25. The molecule has 0 aliphatic heterocycles. The van der Waals surface area contributed by atoms with Gasteiger partial charge in [-0.05, 0) is 6.54 Å². The SMILES string of the molecule is CCNCC(O)COc1cnsn1. The van der Waals surface area contributed by atoms with Gasteiger partial charge in [-0.3, -0.25) is 0 Å². The second kappa shape index (κ2) is 5.85. The monoisotopic (exact) mass is 203 g/mol. The van der Waals surface area contributed by atoms with E-state index in [1.54, 1.807) is 0 Å². The number of nitrogens with one attached hydrogen (secondary N) is 1. The number of likely N-dealkylation sites (N-methyl/N-ethyl adjacent to an activating group) is 1. The minimum absolute atomic E-state index is 0.248. The molecule has 13 heavy (non-hydrogen) atoms. The molecule has 0 amide bonds. The molecule has 1 unspecified atom stereocenters. The van der Waals surface area contributed by atoms with Gasteiger partial charge in [0.15, 0.2) is 0 Å². The van der Waals surface area contributed by atoms with Crippen LogP contribution >= 0.6 is 11.7 Å². The molecule has 1 atom stereocenters. The molecule has 2 N–H and O–H groups in total.